The van der Waals surface area contributed by atoms with Crippen LogP contribution < -0.4 is 5.32 Å². The van der Waals surface area contributed by atoms with Gasteiger partial charge >= 0.3 is 11.9 Å². The SMILES string of the molecule is CC(C)(C)OC(=O)c1ccc(CBr)cc1.CC(C)(C)OC(=O)c1ccc(CN2CCC(=O)CC2)cc1.Cl.O=C1CCNCC1. The molecule has 4 rings (SSSR count). The van der Waals surface area contributed by atoms with Crippen LogP contribution in [-0.2, 0) is 30.9 Å². The van der Waals surface area contributed by atoms with Gasteiger partial charge in [0.2, 0.25) is 0 Å². The lowest BCUT2D eigenvalue weighted by Crippen LogP contribution is -2.33. The Bertz CT molecular complexity index is 1190. The number of hydrogen-bond acceptors (Lipinski definition) is 8. The number of carbonyl (C=O) groups excluding carboxylic acids is 4. The molecule has 44 heavy (non-hydrogen) atoms. The van der Waals surface area contributed by atoms with Crippen LogP contribution in [0.3, 0.4) is 0 Å². The summed E-state index contributed by atoms with van der Waals surface area (Å²) in [6.45, 7) is 15.4. The highest BCUT2D eigenvalue weighted by molar-refractivity contribution is 9.08. The standard InChI is InChI=1S/C17H23NO3.C12H15BrO2.C5H9NO.ClH/c1-17(2,3)21-16(20)14-6-4-13(5-7-14)12-18-10-8-15(19)9-11-18;1-12(2,3)15-11(14)10-6-4-9(8-13)5-7-10;7-5-1-3-6-4-2-5;/h4-7H,8-12H2,1-3H3;4-7H,8H2,1-3H3;6H,1-4H2;1H. The molecule has 0 radical (unpaired) electrons. The number of piperidine rings is 2. The van der Waals surface area contributed by atoms with E-state index in [1.165, 1.54) is 0 Å². The first-order valence-electron chi connectivity index (χ1n) is 14.8. The van der Waals surface area contributed by atoms with Gasteiger partial charge in [0.15, 0.2) is 0 Å². The summed E-state index contributed by atoms with van der Waals surface area (Å²) in [4.78, 5) is 47.5. The Labute approximate surface area is 277 Å². The first-order valence-corrected chi connectivity index (χ1v) is 15.9. The number of ketones is 2. The number of nitrogens with one attached hydrogen (secondary N) is 1. The maximum atomic E-state index is 11.9. The second-order valence-electron chi connectivity index (χ2n) is 12.6. The Kier molecular flexibility index (Phi) is 17.1. The van der Waals surface area contributed by atoms with Gasteiger partial charge in [0.05, 0.1) is 11.1 Å². The maximum Gasteiger partial charge on any atom is 0.338 e. The van der Waals surface area contributed by atoms with Gasteiger partial charge in [0.1, 0.15) is 22.8 Å². The molecule has 2 aromatic rings. The number of ether oxygens (including phenoxy) is 2. The number of likely N-dealkylation sites (tertiary alicyclic amines) is 1. The molecule has 2 saturated heterocycles. The number of esters is 2. The van der Waals surface area contributed by atoms with Gasteiger partial charge in [-0.1, -0.05) is 40.2 Å². The number of rotatable bonds is 5. The highest BCUT2D eigenvalue weighted by Crippen LogP contribution is 2.16. The topological polar surface area (TPSA) is 102 Å². The molecule has 0 saturated carbocycles. The zero-order chi connectivity index (χ0) is 32.0. The fourth-order valence-electron chi connectivity index (χ4n) is 4.07. The quantitative estimate of drug-likeness (QED) is 0.272. The fourth-order valence-corrected chi connectivity index (χ4v) is 4.45. The molecule has 244 valence electrons. The summed E-state index contributed by atoms with van der Waals surface area (Å²) in [5, 5.41) is 3.89. The van der Waals surface area contributed by atoms with E-state index in [9.17, 15) is 19.2 Å². The summed E-state index contributed by atoms with van der Waals surface area (Å²) in [6, 6.07) is 14.9. The average molecular weight is 696 g/mol. The average Bonchev–Trinajstić information content (AvgIpc) is 2.94. The predicted octanol–water partition coefficient (Wildman–Crippen LogP) is 6.70. The van der Waals surface area contributed by atoms with E-state index < -0.39 is 11.2 Å². The van der Waals surface area contributed by atoms with Crippen molar-refractivity contribution in [2.75, 3.05) is 26.2 Å². The van der Waals surface area contributed by atoms with E-state index in [0.717, 1.165) is 62.0 Å². The van der Waals surface area contributed by atoms with Crippen LogP contribution in [0.1, 0.15) is 99.1 Å². The van der Waals surface area contributed by atoms with Crippen LogP contribution in [0, 0.1) is 0 Å². The number of nitrogens with zero attached hydrogens (tertiary/aromatic N) is 1. The predicted molar refractivity (Wildman–Crippen MR) is 180 cm³/mol. The molecule has 2 aromatic carbocycles. The number of carbonyl (C=O) groups is 4. The maximum absolute atomic E-state index is 11.9. The smallest absolute Gasteiger partial charge is 0.338 e. The molecular formula is C34H48BrClN2O6. The lowest BCUT2D eigenvalue weighted by Gasteiger charge is -2.25. The number of benzene rings is 2. The minimum Gasteiger partial charge on any atom is -0.456 e. The summed E-state index contributed by atoms with van der Waals surface area (Å²) >= 11 is 3.35. The van der Waals surface area contributed by atoms with Gasteiger partial charge in [-0.3, -0.25) is 14.5 Å². The number of alkyl halides is 1. The van der Waals surface area contributed by atoms with Crippen LogP contribution in [-0.4, -0.2) is 65.8 Å². The Morgan fingerprint density at radius 2 is 1.09 bits per heavy atom. The van der Waals surface area contributed by atoms with Crippen molar-refractivity contribution in [2.45, 2.75) is 90.3 Å². The molecule has 0 amide bonds. The van der Waals surface area contributed by atoms with Gasteiger partial charge in [-0.05, 0) is 76.9 Å². The number of hydrogen-bond donors (Lipinski definition) is 1. The molecule has 8 nitrogen and oxygen atoms in total. The molecule has 0 aromatic heterocycles. The van der Waals surface area contributed by atoms with Crippen LogP contribution >= 0.6 is 28.3 Å². The van der Waals surface area contributed by atoms with Crippen LogP contribution in [0.15, 0.2) is 48.5 Å². The monoisotopic (exact) mass is 694 g/mol. The van der Waals surface area contributed by atoms with Crippen molar-refractivity contribution in [2.24, 2.45) is 0 Å². The number of Topliss-reactive ketones (excluding diaryl/α,β-unsaturated/α-hetero) is 2. The molecule has 0 aliphatic carbocycles. The third kappa shape index (κ3) is 16.5. The Morgan fingerprint density at radius 1 is 0.705 bits per heavy atom. The summed E-state index contributed by atoms with van der Waals surface area (Å²) in [5.74, 6) is 0.187. The highest BCUT2D eigenvalue weighted by atomic mass is 79.9. The van der Waals surface area contributed by atoms with Crippen LogP contribution in [0.25, 0.3) is 0 Å². The Hall–Kier alpha value is -2.59. The van der Waals surface area contributed by atoms with E-state index in [2.05, 4.69) is 26.1 Å². The third-order valence-corrected chi connectivity index (χ3v) is 6.96. The first-order chi connectivity index (χ1) is 20.1. The summed E-state index contributed by atoms with van der Waals surface area (Å²) in [6.07, 6.45) is 2.77. The number of halogens is 2. The van der Waals surface area contributed by atoms with Gasteiger partial charge in [-0.2, -0.15) is 0 Å². The van der Waals surface area contributed by atoms with Crippen molar-refractivity contribution < 1.29 is 28.7 Å². The van der Waals surface area contributed by atoms with E-state index >= 15 is 0 Å². The van der Waals surface area contributed by atoms with Gasteiger partial charge < -0.3 is 14.8 Å². The van der Waals surface area contributed by atoms with Crippen LogP contribution in [0.4, 0.5) is 0 Å². The zero-order valence-corrected chi connectivity index (χ0v) is 29.3. The zero-order valence-electron chi connectivity index (χ0n) is 26.9. The van der Waals surface area contributed by atoms with Crippen molar-refractivity contribution in [3.8, 4) is 0 Å². The van der Waals surface area contributed by atoms with E-state index in [0.29, 0.717) is 35.5 Å². The summed E-state index contributed by atoms with van der Waals surface area (Å²) in [5.41, 5.74) is 2.54. The molecule has 2 fully saturated rings. The van der Waals surface area contributed by atoms with Crippen molar-refractivity contribution in [1.82, 2.24) is 10.2 Å². The molecule has 0 spiro atoms. The Morgan fingerprint density at radius 3 is 1.43 bits per heavy atom. The fraction of sp³-hybridized carbons (Fsp3) is 0.529. The lowest BCUT2D eigenvalue weighted by molar-refractivity contribution is -0.121. The Balaban J connectivity index is 0.000000366. The second-order valence-corrected chi connectivity index (χ2v) is 13.2. The van der Waals surface area contributed by atoms with Crippen molar-refractivity contribution in [3.63, 3.8) is 0 Å². The highest BCUT2D eigenvalue weighted by Gasteiger charge is 2.19. The molecule has 10 heteroatoms. The van der Waals surface area contributed by atoms with Crippen LogP contribution in [0.2, 0.25) is 0 Å². The molecule has 0 bridgehead atoms. The molecule has 0 unspecified atom stereocenters. The van der Waals surface area contributed by atoms with E-state index in [1.54, 1.807) is 24.3 Å². The van der Waals surface area contributed by atoms with Gasteiger partial charge in [-0.25, -0.2) is 9.59 Å². The van der Waals surface area contributed by atoms with E-state index in [4.69, 9.17) is 9.47 Å². The van der Waals surface area contributed by atoms with Crippen LogP contribution in [0.5, 0.6) is 0 Å². The molecule has 2 aliphatic rings. The van der Waals surface area contributed by atoms with Crippen molar-refractivity contribution >= 4 is 51.8 Å². The van der Waals surface area contributed by atoms with Gasteiger partial charge in [0.25, 0.3) is 0 Å². The van der Waals surface area contributed by atoms with Crippen molar-refractivity contribution in [3.05, 3.63) is 70.8 Å². The first kappa shape index (κ1) is 39.4. The molecule has 2 heterocycles. The summed E-state index contributed by atoms with van der Waals surface area (Å²) < 4.78 is 10.6. The van der Waals surface area contributed by atoms with Gasteiger partial charge in [-0.15, -0.1) is 12.4 Å². The van der Waals surface area contributed by atoms with Crippen molar-refractivity contribution in [1.29, 1.82) is 0 Å². The van der Waals surface area contributed by atoms with E-state index in [1.807, 2.05) is 65.8 Å². The molecule has 2 aliphatic heterocycles. The minimum absolute atomic E-state index is 0. The molecule has 1 N–H and O–H groups in total. The third-order valence-electron chi connectivity index (χ3n) is 6.31. The normalized spacial score (nSPS) is 15.4. The van der Waals surface area contributed by atoms with Gasteiger partial charge in [0, 0.05) is 63.7 Å². The molecule has 0 atom stereocenters. The minimum atomic E-state index is -0.476. The summed E-state index contributed by atoms with van der Waals surface area (Å²) in [7, 11) is 0. The molecular weight excluding hydrogens is 648 g/mol. The van der Waals surface area contributed by atoms with E-state index in [-0.39, 0.29) is 24.3 Å². The largest absolute Gasteiger partial charge is 0.456 e. The second kappa shape index (κ2) is 19.0. The lowest BCUT2D eigenvalue weighted by atomic mass is 10.1.